The third kappa shape index (κ3) is 2.31. The Balaban J connectivity index is 1.97. The Hall–Kier alpha value is 0.310. The van der Waals surface area contributed by atoms with E-state index >= 15 is 0 Å². The van der Waals surface area contributed by atoms with Gasteiger partial charge in [-0.05, 0) is 5.75 Å². The molecule has 0 bridgehead atoms. The van der Waals surface area contributed by atoms with Gasteiger partial charge in [0.1, 0.15) is 0 Å². The largest absolute Gasteiger partial charge is 0.677 e. The predicted molar refractivity (Wildman–Crippen MR) is 23.0 cm³/mol. The van der Waals surface area contributed by atoms with Crippen LogP contribution in [-0.4, -0.2) is 12.3 Å². The Morgan fingerprint density at radius 3 is 2.00 bits per heavy atom. The first-order valence-electron chi connectivity index (χ1n) is 1.17. The zero-order valence-electron chi connectivity index (χ0n) is 2.36. The van der Waals surface area contributed by atoms with E-state index in [9.17, 15) is 0 Å². The molecule has 0 aliphatic rings. The summed E-state index contributed by atoms with van der Waals surface area (Å²) in [6.07, 6.45) is 0. The van der Waals surface area contributed by atoms with Crippen LogP contribution in [0.3, 0.4) is 0 Å². The van der Waals surface area contributed by atoms with Crippen molar-refractivity contribution in [1.82, 2.24) is 0 Å². The highest BCUT2D eigenvalue weighted by molar-refractivity contribution is 7.80. The lowest BCUT2D eigenvalue weighted by Crippen LogP contribution is -1.67. The maximum Gasteiger partial charge on any atom is -0.0288 e. The van der Waals surface area contributed by atoms with Crippen molar-refractivity contribution in [3.8, 4) is 0 Å². The zero-order valence-corrected chi connectivity index (χ0v) is 3.26. The van der Waals surface area contributed by atoms with Crippen LogP contribution < -0.4 is 0 Å². The van der Waals surface area contributed by atoms with Crippen molar-refractivity contribution < 1.29 is 0 Å². The van der Waals surface area contributed by atoms with Crippen molar-refractivity contribution in [3.05, 3.63) is 5.73 Å². The standard InChI is InChI=1S/C2H6NS/c3-1-2-4/h3-4H,1-2H2/q-1. The van der Waals surface area contributed by atoms with Gasteiger partial charge in [0.25, 0.3) is 0 Å². The molecule has 2 heteroatoms. The highest BCUT2D eigenvalue weighted by Gasteiger charge is 1.46. The average molecular weight is 76.1 g/mol. The molecular formula is C2H6NS-. The summed E-state index contributed by atoms with van der Waals surface area (Å²) in [5.41, 5.74) is 6.38. The molecule has 0 aromatic heterocycles. The normalized spacial score (nSPS) is 7.50. The number of hydrogen-bond donors (Lipinski definition) is 1. The summed E-state index contributed by atoms with van der Waals surface area (Å²) in [6.45, 7) is 0.434. The minimum atomic E-state index is 0.434. The molecule has 0 unspecified atom stereocenters. The van der Waals surface area contributed by atoms with E-state index in [0.29, 0.717) is 12.3 Å². The molecule has 0 radical (unpaired) electrons. The van der Waals surface area contributed by atoms with Gasteiger partial charge in [0, 0.05) is 0 Å². The second-order valence-electron chi connectivity index (χ2n) is 0.474. The molecule has 0 aliphatic heterocycles. The molecule has 0 rings (SSSR count). The van der Waals surface area contributed by atoms with Gasteiger partial charge in [-0.2, -0.15) is 12.6 Å². The third-order valence-corrected chi connectivity index (χ3v) is 0.335. The number of nitrogens with one attached hydrogen (secondary N) is 1. The summed E-state index contributed by atoms with van der Waals surface area (Å²) in [6, 6.07) is 0. The van der Waals surface area contributed by atoms with E-state index in [4.69, 9.17) is 5.73 Å². The quantitative estimate of drug-likeness (QED) is 0.450. The Labute approximate surface area is 31.6 Å². The first-order valence-corrected chi connectivity index (χ1v) is 1.80. The summed E-state index contributed by atoms with van der Waals surface area (Å²) >= 11 is 3.73. The van der Waals surface area contributed by atoms with E-state index in [1.54, 1.807) is 0 Å². The number of hydrogen-bond acceptors (Lipinski definition) is 1. The van der Waals surface area contributed by atoms with E-state index in [1.807, 2.05) is 0 Å². The van der Waals surface area contributed by atoms with Gasteiger partial charge in [-0.15, -0.1) is 6.54 Å². The minimum Gasteiger partial charge on any atom is -0.677 e. The van der Waals surface area contributed by atoms with Crippen LogP contribution in [0, 0.1) is 0 Å². The Morgan fingerprint density at radius 1 is 1.75 bits per heavy atom. The summed E-state index contributed by atoms with van der Waals surface area (Å²) in [5, 5.41) is 0. The molecule has 0 saturated heterocycles. The van der Waals surface area contributed by atoms with Crippen LogP contribution in [0.25, 0.3) is 5.73 Å². The second kappa shape index (κ2) is 3.31. The van der Waals surface area contributed by atoms with Crippen LogP contribution in [0.2, 0.25) is 0 Å². The van der Waals surface area contributed by atoms with E-state index in [1.165, 1.54) is 0 Å². The fourth-order valence-electron chi connectivity index (χ4n) is 0. The molecule has 1 nitrogen and oxygen atoms in total. The lowest BCUT2D eigenvalue weighted by molar-refractivity contribution is 1.40. The SMILES string of the molecule is [NH-]CCS. The topological polar surface area (TPSA) is 23.8 Å². The molecule has 0 spiro atoms. The smallest absolute Gasteiger partial charge is 0.0288 e. The molecule has 0 heterocycles. The lowest BCUT2D eigenvalue weighted by atomic mass is 10.8. The Kier molecular flexibility index (Phi) is 3.57. The molecule has 0 fully saturated rings. The monoisotopic (exact) mass is 76.0 g/mol. The molecule has 0 atom stereocenters. The molecule has 4 heavy (non-hydrogen) atoms. The summed E-state index contributed by atoms with van der Waals surface area (Å²) in [5.74, 6) is 0.681. The molecule has 0 aromatic rings. The Morgan fingerprint density at radius 2 is 2.00 bits per heavy atom. The van der Waals surface area contributed by atoms with Gasteiger partial charge in [-0.3, -0.25) is 0 Å². The second-order valence-corrected chi connectivity index (χ2v) is 0.921. The zero-order chi connectivity index (χ0) is 3.41. The van der Waals surface area contributed by atoms with Crippen molar-refractivity contribution in [2.45, 2.75) is 0 Å². The van der Waals surface area contributed by atoms with Crippen LogP contribution in [0.15, 0.2) is 0 Å². The van der Waals surface area contributed by atoms with Crippen molar-refractivity contribution >= 4 is 12.6 Å². The van der Waals surface area contributed by atoms with Crippen molar-refractivity contribution in [2.24, 2.45) is 0 Å². The molecule has 0 saturated carbocycles. The fraction of sp³-hybridized carbons (Fsp3) is 1.00. The van der Waals surface area contributed by atoms with E-state index < -0.39 is 0 Å². The number of thiol groups is 1. The molecule has 1 N–H and O–H groups in total. The molecule has 0 aliphatic carbocycles. The van der Waals surface area contributed by atoms with Crippen molar-refractivity contribution in [3.63, 3.8) is 0 Å². The molecule has 26 valence electrons. The fourth-order valence-corrected chi connectivity index (χ4v) is 0. The summed E-state index contributed by atoms with van der Waals surface area (Å²) in [7, 11) is 0. The highest BCUT2D eigenvalue weighted by atomic mass is 32.1. The molecule has 0 aromatic carbocycles. The van der Waals surface area contributed by atoms with Gasteiger partial charge >= 0.3 is 0 Å². The lowest BCUT2D eigenvalue weighted by Gasteiger charge is -1.84. The summed E-state index contributed by atoms with van der Waals surface area (Å²) in [4.78, 5) is 0. The van der Waals surface area contributed by atoms with Gasteiger partial charge in [-0.25, -0.2) is 0 Å². The summed E-state index contributed by atoms with van der Waals surface area (Å²) < 4.78 is 0. The van der Waals surface area contributed by atoms with Gasteiger partial charge in [0.15, 0.2) is 0 Å². The van der Waals surface area contributed by atoms with E-state index in [0.717, 1.165) is 0 Å². The van der Waals surface area contributed by atoms with Crippen LogP contribution >= 0.6 is 12.6 Å². The van der Waals surface area contributed by atoms with Gasteiger partial charge in [0.2, 0.25) is 0 Å². The third-order valence-electron chi connectivity index (χ3n) is 0.112. The van der Waals surface area contributed by atoms with Crippen molar-refractivity contribution in [2.75, 3.05) is 12.3 Å². The van der Waals surface area contributed by atoms with Crippen LogP contribution in [0.5, 0.6) is 0 Å². The van der Waals surface area contributed by atoms with Crippen molar-refractivity contribution in [1.29, 1.82) is 0 Å². The van der Waals surface area contributed by atoms with Gasteiger partial charge < -0.3 is 5.73 Å². The first kappa shape index (κ1) is 4.31. The minimum absolute atomic E-state index is 0.434. The van der Waals surface area contributed by atoms with E-state index in [2.05, 4.69) is 12.6 Å². The maximum absolute atomic E-state index is 6.38. The maximum atomic E-state index is 6.38. The Bertz CT molecular complexity index is 8.00. The van der Waals surface area contributed by atoms with Crippen LogP contribution in [0.1, 0.15) is 0 Å². The number of rotatable bonds is 1. The molecule has 0 amide bonds. The average Bonchev–Trinajstić information content (AvgIpc) is 1.37. The highest BCUT2D eigenvalue weighted by Crippen LogP contribution is 1.66. The first-order chi connectivity index (χ1) is 1.91. The molecular weight excluding hydrogens is 70.1 g/mol. The van der Waals surface area contributed by atoms with E-state index in [-0.39, 0.29) is 0 Å². The van der Waals surface area contributed by atoms with Crippen LogP contribution in [0.4, 0.5) is 0 Å². The van der Waals surface area contributed by atoms with Crippen LogP contribution in [-0.2, 0) is 0 Å². The predicted octanol–water partition coefficient (Wildman–Crippen LogP) is 0.968. The van der Waals surface area contributed by atoms with Gasteiger partial charge in [0.05, 0.1) is 0 Å². The van der Waals surface area contributed by atoms with Gasteiger partial charge in [-0.1, -0.05) is 0 Å².